The molecule has 7 nitrogen and oxygen atoms in total. The number of esters is 1. The Bertz CT molecular complexity index is 648. The Morgan fingerprint density at radius 1 is 1.24 bits per heavy atom. The van der Waals surface area contributed by atoms with E-state index in [0.717, 1.165) is 11.3 Å². The summed E-state index contributed by atoms with van der Waals surface area (Å²) in [6, 6.07) is 7.24. The summed E-state index contributed by atoms with van der Waals surface area (Å²) in [4.78, 5) is 36.9. The molecule has 1 saturated heterocycles. The molecule has 0 saturated carbocycles. The van der Waals surface area contributed by atoms with E-state index in [4.69, 9.17) is 9.47 Å². The number of nitrogens with zero attached hydrogens (tertiary/aromatic N) is 1. The van der Waals surface area contributed by atoms with Crippen LogP contribution in [0.3, 0.4) is 0 Å². The van der Waals surface area contributed by atoms with E-state index in [0.29, 0.717) is 13.1 Å². The Labute approximate surface area is 147 Å². The van der Waals surface area contributed by atoms with E-state index in [1.807, 2.05) is 12.1 Å². The Morgan fingerprint density at radius 3 is 2.44 bits per heavy atom. The van der Waals surface area contributed by atoms with Gasteiger partial charge in [-0.3, -0.25) is 9.59 Å². The third-order valence-electron chi connectivity index (χ3n) is 3.74. The van der Waals surface area contributed by atoms with Gasteiger partial charge >= 0.3 is 12.1 Å². The molecule has 1 aliphatic rings. The van der Waals surface area contributed by atoms with Crippen molar-refractivity contribution >= 4 is 23.7 Å². The van der Waals surface area contributed by atoms with Gasteiger partial charge in [-0.05, 0) is 38.5 Å². The molecule has 1 aromatic carbocycles. The highest BCUT2D eigenvalue weighted by atomic mass is 16.6. The number of benzene rings is 1. The van der Waals surface area contributed by atoms with Gasteiger partial charge in [0.05, 0.1) is 13.0 Å². The monoisotopic (exact) mass is 348 g/mol. The molecule has 2 amide bonds. The molecule has 1 heterocycles. The van der Waals surface area contributed by atoms with Crippen molar-refractivity contribution in [3.63, 3.8) is 0 Å². The second kappa shape index (κ2) is 7.55. The van der Waals surface area contributed by atoms with Crippen LogP contribution in [0.2, 0.25) is 0 Å². The second-order valence-corrected chi connectivity index (χ2v) is 6.95. The summed E-state index contributed by atoms with van der Waals surface area (Å²) in [7, 11) is 1.32. The van der Waals surface area contributed by atoms with E-state index in [-0.39, 0.29) is 18.3 Å². The lowest BCUT2D eigenvalue weighted by atomic mass is 10.1. The van der Waals surface area contributed by atoms with Crippen LogP contribution in [0, 0.1) is 5.92 Å². The molecule has 0 aromatic heterocycles. The number of amides is 2. The Hall–Kier alpha value is -2.57. The first-order valence-corrected chi connectivity index (χ1v) is 8.13. The van der Waals surface area contributed by atoms with Crippen LogP contribution in [0.4, 0.5) is 10.5 Å². The highest BCUT2D eigenvalue weighted by Crippen LogP contribution is 2.26. The fraction of sp³-hybridized carbons (Fsp3) is 0.500. The van der Waals surface area contributed by atoms with E-state index in [2.05, 4.69) is 5.32 Å². The molecular formula is C18H24N2O5. The zero-order valence-corrected chi connectivity index (χ0v) is 15.0. The second-order valence-electron chi connectivity index (χ2n) is 6.95. The van der Waals surface area contributed by atoms with Gasteiger partial charge in [-0.15, -0.1) is 0 Å². The molecule has 0 spiro atoms. The number of hydrogen-bond donors (Lipinski definition) is 1. The van der Waals surface area contributed by atoms with E-state index in [9.17, 15) is 14.4 Å². The number of hydrogen-bond acceptors (Lipinski definition) is 5. The van der Waals surface area contributed by atoms with Gasteiger partial charge in [-0.25, -0.2) is 4.79 Å². The number of carbonyl (C=O) groups is 3. The van der Waals surface area contributed by atoms with Crippen LogP contribution in [0.25, 0.3) is 0 Å². The molecule has 1 fully saturated rings. The third-order valence-corrected chi connectivity index (χ3v) is 3.74. The molecule has 0 aliphatic carbocycles. The number of alkyl carbamates (subject to hydrolysis) is 1. The number of anilines is 1. The van der Waals surface area contributed by atoms with Crippen LogP contribution in [0.15, 0.2) is 24.3 Å². The van der Waals surface area contributed by atoms with Gasteiger partial charge in [-0.2, -0.15) is 0 Å². The van der Waals surface area contributed by atoms with Crippen LogP contribution in [0.1, 0.15) is 32.8 Å². The Balaban J connectivity index is 1.93. The third kappa shape index (κ3) is 5.20. The summed E-state index contributed by atoms with van der Waals surface area (Å²) < 4.78 is 9.88. The molecule has 0 bridgehead atoms. The zero-order valence-electron chi connectivity index (χ0n) is 15.0. The lowest BCUT2D eigenvalue weighted by Gasteiger charge is -2.20. The van der Waals surface area contributed by atoms with Gasteiger partial charge in [0.1, 0.15) is 5.60 Å². The first-order valence-electron chi connectivity index (χ1n) is 8.13. The van der Waals surface area contributed by atoms with Crippen molar-refractivity contribution in [3.8, 4) is 0 Å². The van der Waals surface area contributed by atoms with Crippen LogP contribution >= 0.6 is 0 Å². The lowest BCUT2D eigenvalue weighted by molar-refractivity contribution is -0.145. The number of ether oxygens (including phenoxy) is 2. The van der Waals surface area contributed by atoms with Crippen molar-refractivity contribution in [2.24, 2.45) is 5.92 Å². The van der Waals surface area contributed by atoms with Crippen molar-refractivity contribution in [3.05, 3.63) is 29.8 Å². The van der Waals surface area contributed by atoms with Crippen molar-refractivity contribution < 1.29 is 23.9 Å². The van der Waals surface area contributed by atoms with E-state index >= 15 is 0 Å². The summed E-state index contributed by atoms with van der Waals surface area (Å²) in [5.41, 5.74) is 1.06. The molecule has 1 N–H and O–H groups in total. The van der Waals surface area contributed by atoms with Crippen LogP contribution in [-0.4, -0.2) is 37.2 Å². The maximum atomic E-state index is 12.1. The topological polar surface area (TPSA) is 84.9 Å². The molecule has 25 heavy (non-hydrogen) atoms. The SMILES string of the molecule is COC(=O)C1CC(=O)N(c2ccc(CNC(=O)OC(C)(C)C)cc2)C1. The number of nitrogens with one attached hydrogen (secondary N) is 1. The van der Waals surface area contributed by atoms with Gasteiger partial charge in [0.15, 0.2) is 0 Å². The van der Waals surface area contributed by atoms with Crippen molar-refractivity contribution in [1.82, 2.24) is 5.32 Å². The van der Waals surface area contributed by atoms with Gasteiger partial charge < -0.3 is 19.7 Å². The summed E-state index contributed by atoms with van der Waals surface area (Å²) in [5.74, 6) is -0.893. The minimum Gasteiger partial charge on any atom is -0.469 e. The maximum absolute atomic E-state index is 12.1. The summed E-state index contributed by atoms with van der Waals surface area (Å²) >= 11 is 0. The van der Waals surface area contributed by atoms with Gasteiger partial charge in [-0.1, -0.05) is 12.1 Å². The number of methoxy groups -OCH3 is 1. The molecule has 0 radical (unpaired) electrons. The smallest absolute Gasteiger partial charge is 0.407 e. The molecule has 1 aromatic rings. The fourth-order valence-corrected chi connectivity index (χ4v) is 2.56. The average Bonchev–Trinajstić information content (AvgIpc) is 2.93. The first-order chi connectivity index (χ1) is 11.7. The molecule has 2 rings (SSSR count). The van der Waals surface area contributed by atoms with Crippen LogP contribution in [-0.2, 0) is 25.6 Å². The Morgan fingerprint density at radius 2 is 1.88 bits per heavy atom. The van der Waals surface area contributed by atoms with Gasteiger partial charge in [0.2, 0.25) is 5.91 Å². The highest BCUT2D eigenvalue weighted by molar-refractivity contribution is 5.99. The molecular weight excluding hydrogens is 324 g/mol. The Kier molecular flexibility index (Phi) is 5.66. The van der Waals surface area contributed by atoms with Gasteiger partial charge in [0, 0.05) is 25.2 Å². The first kappa shape index (κ1) is 18.8. The fourth-order valence-electron chi connectivity index (χ4n) is 2.56. The molecule has 7 heteroatoms. The molecule has 1 unspecified atom stereocenters. The lowest BCUT2D eigenvalue weighted by Crippen LogP contribution is -2.32. The number of carbonyl (C=O) groups excluding carboxylic acids is 3. The summed E-state index contributed by atoms with van der Waals surface area (Å²) in [6.07, 6.45) is -0.318. The minimum atomic E-state index is -0.541. The van der Waals surface area contributed by atoms with E-state index < -0.39 is 17.6 Å². The maximum Gasteiger partial charge on any atom is 0.407 e. The minimum absolute atomic E-state index is 0.102. The summed E-state index contributed by atoms with van der Waals surface area (Å²) in [6.45, 7) is 6.05. The highest BCUT2D eigenvalue weighted by Gasteiger charge is 2.35. The van der Waals surface area contributed by atoms with Crippen molar-refractivity contribution in [2.75, 3.05) is 18.6 Å². The summed E-state index contributed by atoms with van der Waals surface area (Å²) in [5, 5.41) is 2.68. The average molecular weight is 348 g/mol. The van der Waals surface area contributed by atoms with Crippen LogP contribution in [0.5, 0.6) is 0 Å². The van der Waals surface area contributed by atoms with Gasteiger partial charge in [0.25, 0.3) is 0 Å². The van der Waals surface area contributed by atoms with E-state index in [1.165, 1.54) is 7.11 Å². The quantitative estimate of drug-likeness (QED) is 0.844. The van der Waals surface area contributed by atoms with E-state index in [1.54, 1.807) is 37.8 Å². The predicted molar refractivity (Wildman–Crippen MR) is 92.0 cm³/mol. The predicted octanol–water partition coefficient (Wildman–Crippen LogP) is 2.24. The largest absolute Gasteiger partial charge is 0.469 e. The number of rotatable bonds is 4. The molecule has 136 valence electrons. The normalized spacial score (nSPS) is 17.4. The van der Waals surface area contributed by atoms with Crippen LogP contribution < -0.4 is 10.2 Å². The molecule has 1 atom stereocenters. The molecule has 1 aliphatic heterocycles. The standard InChI is InChI=1S/C18H24N2O5/c1-18(2,3)25-17(23)19-10-12-5-7-14(8-6-12)20-11-13(9-15(20)21)16(22)24-4/h5-8,13H,9-11H2,1-4H3,(H,19,23). The van der Waals surface area contributed by atoms with Crippen molar-refractivity contribution in [1.29, 1.82) is 0 Å². The van der Waals surface area contributed by atoms with Crippen molar-refractivity contribution in [2.45, 2.75) is 39.3 Å². The zero-order chi connectivity index (χ0) is 18.6.